The molecular weight excluding hydrogens is 185 g/mol. The second-order valence-electron chi connectivity index (χ2n) is 2.28. The molecule has 0 fully saturated rings. The molecule has 1 heterocycles. The van der Waals surface area contributed by atoms with E-state index in [2.05, 4.69) is 9.72 Å². The van der Waals surface area contributed by atoms with Crippen LogP contribution >= 0.6 is 0 Å². The number of nitrogens with two attached hydrogens (primary N) is 1. The van der Waals surface area contributed by atoms with Crippen molar-refractivity contribution in [2.75, 3.05) is 12.8 Å². The summed E-state index contributed by atoms with van der Waals surface area (Å²) in [5.74, 6) is -0.519. The topological polar surface area (TPSA) is 48.1 Å². The molecule has 0 saturated heterocycles. The van der Waals surface area contributed by atoms with Crippen LogP contribution in [0.4, 0.5) is 19.0 Å². The van der Waals surface area contributed by atoms with Gasteiger partial charge in [0.2, 0.25) is 0 Å². The molecule has 72 valence electrons. The minimum Gasteiger partial charge on any atom is -0.494 e. The van der Waals surface area contributed by atoms with Crippen LogP contribution in [0.3, 0.4) is 0 Å². The van der Waals surface area contributed by atoms with Crippen molar-refractivity contribution >= 4 is 5.82 Å². The normalized spacial score (nSPS) is 11.4. The molecule has 1 aromatic rings. The highest BCUT2D eigenvalue weighted by Crippen LogP contribution is 2.34. The number of anilines is 1. The Kier molecular flexibility index (Phi) is 2.31. The number of aromatic nitrogens is 1. The first-order valence-corrected chi connectivity index (χ1v) is 3.33. The summed E-state index contributed by atoms with van der Waals surface area (Å²) in [4.78, 5) is 3.14. The number of nitrogens with zero attached hydrogens (tertiary/aromatic N) is 1. The largest absolute Gasteiger partial charge is 0.494 e. The third-order valence-corrected chi connectivity index (χ3v) is 1.37. The standard InChI is InChI=1S/C7H7F3N2O/c1-13-4-2-3-5(11)12-6(4)7(8,9)10/h2-3H,1H3,(H2,11,12). The van der Waals surface area contributed by atoms with Gasteiger partial charge in [-0.05, 0) is 12.1 Å². The van der Waals surface area contributed by atoms with E-state index in [1.54, 1.807) is 0 Å². The van der Waals surface area contributed by atoms with Crippen molar-refractivity contribution < 1.29 is 17.9 Å². The summed E-state index contributed by atoms with van der Waals surface area (Å²) in [7, 11) is 1.14. The van der Waals surface area contributed by atoms with Gasteiger partial charge in [-0.3, -0.25) is 0 Å². The van der Waals surface area contributed by atoms with E-state index in [9.17, 15) is 13.2 Å². The molecule has 0 bridgehead atoms. The highest BCUT2D eigenvalue weighted by molar-refractivity contribution is 5.39. The van der Waals surface area contributed by atoms with Crippen LogP contribution in [0.5, 0.6) is 5.75 Å². The lowest BCUT2D eigenvalue weighted by molar-refractivity contribution is -0.142. The third-order valence-electron chi connectivity index (χ3n) is 1.37. The van der Waals surface area contributed by atoms with E-state index in [0.717, 1.165) is 13.2 Å². The summed E-state index contributed by atoms with van der Waals surface area (Å²) < 4.78 is 41.1. The number of hydrogen-bond donors (Lipinski definition) is 1. The van der Waals surface area contributed by atoms with E-state index >= 15 is 0 Å². The average Bonchev–Trinajstić information content (AvgIpc) is 2.03. The molecular formula is C7H7F3N2O. The van der Waals surface area contributed by atoms with Gasteiger partial charge in [-0.15, -0.1) is 0 Å². The molecule has 0 aliphatic carbocycles. The van der Waals surface area contributed by atoms with Gasteiger partial charge >= 0.3 is 6.18 Å². The van der Waals surface area contributed by atoms with Crippen molar-refractivity contribution in [3.05, 3.63) is 17.8 Å². The highest BCUT2D eigenvalue weighted by atomic mass is 19.4. The predicted octanol–water partition coefficient (Wildman–Crippen LogP) is 1.69. The number of methoxy groups -OCH3 is 1. The molecule has 13 heavy (non-hydrogen) atoms. The van der Waals surface area contributed by atoms with E-state index < -0.39 is 11.9 Å². The predicted molar refractivity (Wildman–Crippen MR) is 40.2 cm³/mol. The Bertz CT molecular complexity index is 311. The first-order chi connectivity index (χ1) is 5.95. The Morgan fingerprint density at radius 3 is 2.46 bits per heavy atom. The lowest BCUT2D eigenvalue weighted by atomic mass is 10.3. The maximum absolute atomic E-state index is 12.2. The Hall–Kier alpha value is -1.46. The van der Waals surface area contributed by atoms with Gasteiger partial charge in [-0.1, -0.05) is 0 Å². The van der Waals surface area contributed by atoms with Crippen LogP contribution in [-0.2, 0) is 6.18 Å². The van der Waals surface area contributed by atoms with Crippen molar-refractivity contribution in [3.63, 3.8) is 0 Å². The third kappa shape index (κ3) is 2.01. The highest BCUT2D eigenvalue weighted by Gasteiger charge is 2.36. The molecule has 0 amide bonds. The minimum atomic E-state index is -4.54. The summed E-state index contributed by atoms with van der Waals surface area (Å²) in [5.41, 5.74) is 4.01. The monoisotopic (exact) mass is 192 g/mol. The molecule has 0 aromatic carbocycles. The van der Waals surface area contributed by atoms with E-state index in [4.69, 9.17) is 5.73 Å². The van der Waals surface area contributed by atoms with Gasteiger partial charge in [-0.25, -0.2) is 4.98 Å². The molecule has 0 radical (unpaired) electrons. The second-order valence-corrected chi connectivity index (χ2v) is 2.28. The van der Waals surface area contributed by atoms with Crippen molar-refractivity contribution in [1.29, 1.82) is 0 Å². The number of hydrogen-bond acceptors (Lipinski definition) is 3. The number of pyridine rings is 1. The molecule has 1 aromatic heterocycles. The number of rotatable bonds is 1. The summed E-state index contributed by atoms with van der Waals surface area (Å²) in [6.45, 7) is 0. The maximum Gasteiger partial charge on any atom is 0.437 e. The number of halogens is 3. The zero-order chi connectivity index (χ0) is 10.1. The molecule has 0 aliphatic heterocycles. The first kappa shape index (κ1) is 9.63. The molecule has 2 N–H and O–H groups in total. The van der Waals surface area contributed by atoms with E-state index in [1.807, 2.05) is 0 Å². The maximum atomic E-state index is 12.2. The Morgan fingerprint density at radius 1 is 1.38 bits per heavy atom. The fraction of sp³-hybridized carbons (Fsp3) is 0.286. The smallest absolute Gasteiger partial charge is 0.437 e. The Morgan fingerprint density at radius 2 is 2.00 bits per heavy atom. The van der Waals surface area contributed by atoms with Crippen molar-refractivity contribution in [3.8, 4) is 5.75 Å². The summed E-state index contributed by atoms with van der Waals surface area (Å²) >= 11 is 0. The van der Waals surface area contributed by atoms with E-state index in [1.165, 1.54) is 6.07 Å². The van der Waals surface area contributed by atoms with E-state index in [-0.39, 0.29) is 11.6 Å². The average molecular weight is 192 g/mol. The molecule has 0 unspecified atom stereocenters. The van der Waals surface area contributed by atoms with Crippen LogP contribution in [-0.4, -0.2) is 12.1 Å². The molecule has 6 heteroatoms. The zero-order valence-electron chi connectivity index (χ0n) is 6.72. The molecule has 0 spiro atoms. The van der Waals surface area contributed by atoms with Gasteiger partial charge in [-0.2, -0.15) is 13.2 Å². The summed E-state index contributed by atoms with van der Waals surface area (Å²) in [6, 6.07) is 2.37. The molecule has 0 saturated carbocycles. The Labute approximate surface area is 72.3 Å². The number of ether oxygens (including phenoxy) is 1. The molecule has 3 nitrogen and oxygen atoms in total. The van der Waals surface area contributed by atoms with Crippen LogP contribution in [0.15, 0.2) is 12.1 Å². The minimum absolute atomic E-state index is 0.187. The van der Waals surface area contributed by atoms with Crippen LogP contribution in [0, 0.1) is 0 Å². The number of alkyl halides is 3. The SMILES string of the molecule is COc1ccc(N)nc1C(F)(F)F. The van der Waals surface area contributed by atoms with Crippen molar-refractivity contribution in [2.24, 2.45) is 0 Å². The first-order valence-electron chi connectivity index (χ1n) is 3.33. The molecule has 0 atom stereocenters. The van der Waals surface area contributed by atoms with Gasteiger partial charge in [0.1, 0.15) is 11.6 Å². The van der Waals surface area contributed by atoms with Gasteiger partial charge in [0.25, 0.3) is 0 Å². The van der Waals surface area contributed by atoms with Crippen LogP contribution in [0.1, 0.15) is 5.69 Å². The van der Waals surface area contributed by atoms with Crippen LogP contribution in [0.2, 0.25) is 0 Å². The fourth-order valence-electron chi connectivity index (χ4n) is 0.829. The molecule has 0 aliphatic rings. The number of nitrogen functional groups attached to an aromatic ring is 1. The lowest BCUT2D eigenvalue weighted by Crippen LogP contribution is -2.11. The van der Waals surface area contributed by atoms with Crippen molar-refractivity contribution in [1.82, 2.24) is 4.98 Å². The summed E-state index contributed by atoms with van der Waals surface area (Å²) in [5, 5.41) is 0. The van der Waals surface area contributed by atoms with Crippen LogP contribution < -0.4 is 10.5 Å². The lowest BCUT2D eigenvalue weighted by Gasteiger charge is -2.10. The van der Waals surface area contributed by atoms with Gasteiger partial charge in [0.15, 0.2) is 5.69 Å². The fourth-order valence-corrected chi connectivity index (χ4v) is 0.829. The molecule has 1 rings (SSSR count). The van der Waals surface area contributed by atoms with E-state index in [0.29, 0.717) is 0 Å². The van der Waals surface area contributed by atoms with Gasteiger partial charge in [0, 0.05) is 0 Å². The van der Waals surface area contributed by atoms with Gasteiger partial charge in [0.05, 0.1) is 7.11 Å². The Balaban J connectivity index is 3.24. The van der Waals surface area contributed by atoms with Gasteiger partial charge < -0.3 is 10.5 Å². The quantitative estimate of drug-likeness (QED) is 0.736. The zero-order valence-corrected chi connectivity index (χ0v) is 6.72. The second kappa shape index (κ2) is 3.12. The van der Waals surface area contributed by atoms with Crippen LogP contribution in [0.25, 0.3) is 0 Å². The van der Waals surface area contributed by atoms with Crippen molar-refractivity contribution in [2.45, 2.75) is 6.18 Å². The summed E-state index contributed by atoms with van der Waals surface area (Å²) in [6.07, 6.45) is -4.54.